The number of halogens is 1. The molecule has 0 aliphatic carbocycles. The second-order valence-electron chi connectivity index (χ2n) is 6.82. The molecular formula is C17H27ClN2O. The molecule has 3 nitrogen and oxygen atoms in total. The second kappa shape index (κ2) is 7.28. The molecule has 0 bridgehead atoms. The number of carbonyl (C=O) groups excluding carboxylic acids is 1. The van der Waals surface area contributed by atoms with Gasteiger partial charge in [-0.1, -0.05) is 32.9 Å². The van der Waals surface area contributed by atoms with Crippen molar-refractivity contribution in [1.29, 1.82) is 0 Å². The van der Waals surface area contributed by atoms with E-state index in [0.717, 1.165) is 31.5 Å². The largest absolute Gasteiger partial charge is 0.338 e. The first-order valence-corrected chi connectivity index (χ1v) is 7.51. The van der Waals surface area contributed by atoms with Crippen molar-refractivity contribution in [3.63, 3.8) is 0 Å². The van der Waals surface area contributed by atoms with Gasteiger partial charge in [-0.05, 0) is 48.4 Å². The minimum atomic E-state index is 0. The average molecular weight is 311 g/mol. The maximum Gasteiger partial charge on any atom is 0.253 e. The number of likely N-dealkylation sites (tertiary alicyclic amines) is 1. The molecule has 2 N–H and O–H groups in total. The van der Waals surface area contributed by atoms with Crippen molar-refractivity contribution in [2.45, 2.75) is 39.0 Å². The topological polar surface area (TPSA) is 46.3 Å². The maximum atomic E-state index is 12.5. The summed E-state index contributed by atoms with van der Waals surface area (Å²) >= 11 is 0. The third-order valence-corrected chi connectivity index (χ3v) is 4.14. The molecule has 2 rings (SSSR count). The van der Waals surface area contributed by atoms with Gasteiger partial charge in [0.15, 0.2) is 0 Å². The number of piperidine rings is 1. The summed E-state index contributed by atoms with van der Waals surface area (Å²) in [5.74, 6) is 0.602. The number of benzene rings is 1. The fourth-order valence-corrected chi connectivity index (χ4v) is 2.74. The Morgan fingerprint density at radius 1 is 1.29 bits per heavy atom. The van der Waals surface area contributed by atoms with Gasteiger partial charge in [-0.3, -0.25) is 4.79 Å². The smallest absolute Gasteiger partial charge is 0.253 e. The molecule has 1 aliphatic heterocycles. The Hall–Kier alpha value is -1.06. The highest BCUT2D eigenvalue weighted by molar-refractivity contribution is 5.94. The first kappa shape index (κ1) is 18.0. The zero-order valence-electron chi connectivity index (χ0n) is 13.3. The van der Waals surface area contributed by atoms with Gasteiger partial charge in [-0.25, -0.2) is 0 Å². The van der Waals surface area contributed by atoms with Crippen LogP contribution >= 0.6 is 12.4 Å². The lowest BCUT2D eigenvalue weighted by Crippen LogP contribution is -2.42. The molecule has 1 atom stereocenters. The molecule has 4 heteroatoms. The van der Waals surface area contributed by atoms with E-state index in [1.54, 1.807) is 0 Å². The number of nitrogens with two attached hydrogens (primary N) is 1. The molecule has 0 saturated carbocycles. The summed E-state index contributed by atoms with van der Waals surface area (Å²) in [7, 11) is 0. The summed E-state index contributed by atoms with van der Waals surface area (Å²) in [6.07, 6.45) is 2.21. The molecule has 118 valence electrons. The van der Waals surface area contributed by atoms with Crippen LogP contribution in [-0.4, -0.2) is 30.4 Å². The third-order valence-electron chi connectivity index (χ3n) is 4.14. The van der Waals surface area contributed by atoms with Crippen LogP contribution in [-0.2, 0) is 5.41 Å². The fraction of sp³-hybridized carbons (Fsp3) is 0.588. The molecule has 1 amide bonds. The maximum absolute atomic E-state index is 12.5. The normalized spacial score (nSPS) is 19.0. The number of nitrogens with zero attached hydrogens (tertiary/aromatic N) is 1. The van der Waals surface area contributed by atoms with Crippen molar-refractivity contribution in [2.75, 3.05) is 19.6 Å². The Morgan fingerprint density at radius 3 is 2.43 bits per heavy atom. The highest BCUT2D eigenvalue weighted by Crippen LogP contribution is 2.23. The van der Waals surface area contributed by atoms with Gasteiger partial charge in [0.25, 0.3) is 5.91 Å². The van der Waals surface area contributed by atoms with Crippen molar-refractivity contribution in [3.05, 3.63) is 35.4 Å². The Balaban J connectivity index is 0.00000220. The van der Waals surface area contributed by atoms with Crippen LogP contribution in [0.1, 0.15) is 49.5 Å². The first-order chi connectivity index (χ1) is 9.41. The predicted octanol–water partition coefficient (Wildman–Crippen LogP) is 3.22. The summed E-state index contributed by atoms with van der Waals surface area (Å²) in [4.78, 5) is 14.5. The Labute approximate surface area is 134 Å². The van der Waals surface area contributed by atoms with E-state index in [2.05, 4.69) is 32.9 Å². The second-order valence-corrected chi connectivity index (χ2v) is 6.82. The lowest BCUT2D eigenvalue weighted by molar-refractivity contribution is 0.0678. The van der Waals surface area contributed by atoms with E-state index in [4.69, 9.17) is 5.73 Å². The summed E-state index contributed by atoms with van der Waals surface area (Å²) in [5, 5.41) is 0. The molecule has 1 unspecified atom stereocenters. The quantitative estimate of drug-likeness (QED) is 0.911. The van der Waals surface area contributed by atoms with Crippen LogP contribution in [0.25, 0.3) is 0 Å². The molecule has 21 heavy (non-hydrogen) atoms. The van der Waals surface area contributed by atoms with E-state index in [9.17, 15) is 4.79 Å². The van der Waals surface area contributed by atoms with Crippen LogP contribution in [0.4, 0.5) is 0 Å². The lowest BCUT2D eigenvalue weighted by atomic mass is 9.86. The van der Waals surface area contributed by atoms with Crippen molar-refractivity contribution in [1.82, 2.24) is 4.90 Å². The van der Waals surface area contributed by atoms with Crippen LogP contribution in [0.2, 0.25) is 0 Å². The Morgan fingerprint density at radius 2 is 1.90 bits per heavy atom. The summed E-state index contributed by atoms with van der Waals surface area (Å²) < 4.78 is 0. The average Bonchev–Trinajstić information content (AvgIpc) is 2.46. The summed E-state index contributed by atoms with van der Waals surface area (Å²) in [6.45, 7) is 8.88. The zero-order valence-corrected chi connectivity index (χ0v) is 14.1. The van der Waals surface area contributed by atoms with Gasteiger partial charge >= 0.3 is 0 Å². The zero-order chi connectivity index (χ0) is 14.8. The van der Waals surface area contributed by atoms with Gasteiger partial charge in [0.1, 0.15) is 0 Å². The van der Waals surface area contributed by atoms with Gasteiger partial charge < -0.3 is 10.6 Å². The minimum Gasteiger partial charge on any atom is -0.338 e. The Bertz CT molecular complexity index is 465. The van der Waals surface area contributed by atoms with Crippen LogP contribution in [0, 0.1) is 5.92 Å². The highest BCUT2D eigenvalue weighted by Gasteiger charge is 2.24. The van der Waals surface area contributed by atoms with Crippen LogP contribution < -0.4 is 5.73 Å². The summed E-state index contributed by atoms with van der Waals surface area (Å²) in [6, 6.07) is 8.04. The number of carbonyl (C=O) groups is 1. The van der Waals surface area contributed by atoms with E-state index in [1.165, 1.54) is 5.56 Å². The van der Waals surface area contributed by atoms with Crippen LogP contribution in [0.3, 0.4) is 0 Å². The molecule has 1 fully saturated rings. The Kier molecular flexibility index (Phi) is 6.24. The molecular weight excluding hydrogens is 284 g/mol. The van der Waals surface area contributed by atoms with Crippen molar-refractivity contribution >= 4 is 18.3 Å². The van der Waals surface area contributed by atoms with Crippen LogP contribution in [0.5, 0.6) is 0 Å². The monoisotopic (exact) mass is 310 g/mol. The molecule has 1 aliphatic rings. The standard InChI is InChI=1S/C17H26N2O.ClH/c1-17(2,3)15-8-6-14(7-9-15)16(20)19-10-4-5-13(11-18)12-19;/h6-9,13H,4-5,10-12,18H2,1-3H3;1H. The minimum absolute atomic E-state index is 0. The molecule has 1 aromatic carbocycles. The number of amides is 1. The van der Waals surface area contributed by atoms with E-state index >= 15 is 0 Å². The fourth-order valence-electron chi connectivity index (χ4n) is 2.74. The van der Waals surface area contributed by atoms with Crippen molar-refractivity contribution in [3.8, 4) is 0 Å². The lowest BCUT2D eigenvalue weighted by Gasteiger charge is -2.32. The van der Waals surface area contributed by atoms with Crippen molar-refractivity contribution in [2.24, 2.45) is 11.7 Å². The van der Waals surface area contributed by atoms with E-state index in [0.29, 0.717) is 12.5 Å². The molecule has 0 spiro atoms. The van der Waals surface area contributed by atoms with Gasteiger partial charge in [-0.15, -0.1) is 12.4 Å². The van der Waals surface area contributed by atoms with E-state index in [-0.39, 0.29) is 23.7 Å². The number of hydrogen-bond acceptors (Lipinski definition) is 2. The summed E-state index contributed by atoms with van der Waals surface area (Å²) in [5.41, 5.74) is 7.90. The van der Waals surface area contributed by atoms with E-state index in [1.807, 2.05) is 17.0 Å². The first-order valence-electron chi connectivity index (χ1n) is 7.51. The van der Waals surface area contributed by atoms with E-state index < -0.39 is 0 Å². The molecule has 0 radical (unpaired) electrons. The number of hydrogen-bond donors (Lipinski definition) is 1. The van der Waals surface area contributed by atoms with Gasteiger partial charge in [0, 0.05) is 18.7 Å². The van der Waals surface area contributed by atoms with Crippen LogP contribution in [0.15, 0.2) is 24.3 Å². The molecule has 1 aromatic rings. The molecule has 0 aromatic heterocycles. The van der Waals surface area contributed by atoms with Gasteiger partial charge in [0.05, 0.1) is 0 Å². The SMILES string of the molecule is CC(C)(C)c1ccc(C(=O)N2CCCC(CN)C2)cc1.Cl. The molecule has 1 heterocycles. The van der Waals surface area contributed by atoms with Gasteiger partial charge in [0.2, 0.25) is 0 Å². The number of rotatable bonds is 2. The van der Waals surface area contributed by atoms with Crippen molar-refractivity contribution < 1.29 is 4.79 Å². The third kappa shape index (κ3) is 4.45. The highest BCUT2D eigenvalue weighted by atomic mass is 35.5. The predicted molar refractivity (Wildman–Crippen MR) is 90.1 cm³/mol. The molecule has 1 saturated heterocycles. The van der Waals surface area contributed by atoms with Gasteiger partial charge in [-0.2, -0.15) is 0 Å².